The summed E-state index contributed by atoms with van der Waals surface area (Å²) in [5.74, 6) is 1.84. The molecule has 32 heavy (non-hydrogen) atoms. The Morgan fingerprint density at radius 1 is 1.12 bits per heavy atom. The first-order valence-corrected chi connectivity index (χ1v) is 12.9. The fraction of sp³-hybridized carbons (Fsp3) is 0.522. The molecule has 1 fully saturated rings. The average molecular weight is 458 g/mol. The lowest BCUT2D eigenvalue weighted by atomic mass is 9.77. The smallest absolute Gasteiger partial charge is 0.246 e. The number of hydrogen-bond acceptors (Lipinski definition) is 7. The second-order valence-corrected chi connectivity index (χ2v) is 11.1. The molecule has 1 aliphatic carbocycles. The van der Waals surface area contributed by atoms with Crippen LogP contribution in [0.4, 0.5) is 11.5 Å². The van der Waals surface area contributed by atoms with Gasteiger partial charge in [-0.3, -0.25) is 0 Å². The summed E-state index contributed by atoms with van der Waals surface area (Å²) in [5.41, 5.74) is 8.96. The number of nitrogen functional groups attached to an aromatic ring is 1. The number of anilines is 1. The molecule has 1 aromatic carbocycles. The molecule has 0 saturated heterocycles. The van der Waals surface area contributed by atoms with Crippen LogP contribution < -0.4 is 15.2 Å². The molecule has 3 N–H and O–H groups in total. The van der Waals surface area contributed by atoms with Gasteiger partial charge in [0.15, 0.2) is 11.5 Å². The van der Waals surface area contributed by atoms with Gasteiger partial charge in [0, 0.05) is 12.1 Å². The zero-order chi connectivity index (χ0) is 22.9. The number of nitrogens with zero attached hydrogens (tertiary/aromatic N) is 3. The molecule has 0 atom stereocenters. The van der Waals surface area contributed by atoms with Crippen LogP contribution in [-0.4, -0.2) is 42.5 Å². The van der Waals surface area contributed by atoms with Crippen molar-refractivity contribution in [2.75, 3.05) is 18.5 Å². The van der Waals surface area contributed by atoms with E-state index in [9.17, 15) is 8.42 Å². The molecule has 9 heteroatoms. The highest BCUT2D eigenvalue weighted by molar-refractivity contribution is 7.88. The van der Waals surface area contributed by atoms with Crippen LogP contribution in [0.2, 0.25) is 0 Å². The lowest BCUT2D eigenvalue weighted by Gasteiger charge is -2.32. The SMILES string of the molecule is CC1(C)Oc2ncnc(N)c2N=C1c1ccc([C@H]2CC[C@H](CCNS(C)(=O)=O)CC2)cc1. The van der Waals surface area contributed by atoms with E-state index < -0.39 is 15.6 Å². The normalized spacial score (nSPS) is 22.5. The van der Waals surface area contributed by atoms with Gasteiger partial charge in [0.2, 0.25) is 15.9 Å². The molecule has 0 amide bonds. The molecule has 1 saturated carbocycles. The van der Waals surface area contributed by atoms with Crippen LogP contribution in [0.25, 0.3) is 0 Å². The van der Waals surface area contributed by atoms with Gasteiger partial charge in [0.1, 0.15) is 11.9 Å². The summed E-state index contributed by atoms with van der Waals surface area (Å²) < 4.78 is 31.1. The van der Waals surface area contributed by atoms with E-state index in [0.717, 1.165) is 43.4 Å². The summed E-state index contributed by atoms with van der Waals surface area (Å²) in [6.07, 6.45) is 8.00. The van der Waals surface area contributed by atoms with E-state index in [-0.39, 0.29) is 0 Å². The Morgan fingerprint density at radius 3 is 2.47 bits per heavy atom. The maximum atomic E-state index is 11.2. The number of benzene rings is 1. The van der Waals surface area contributed by atoms with Crippen molar-refractivity contribution in [3.8, 4) is 5.88 Å². The van der Waals surface area contributed by atoms with Crippen molar-refractivity contribution in [1.29, 1.82) is 0 Å². The summed E-state index contributed by atoms with van der Waals surface area (Å²) in [4.78, 5) is 12.9. The minimum Gasteiger partial charge on any atom is -0.463 e. The highest BCUT2D eigenvalue weighted by Gasteiger charge is 2.35. The Balaban J connectivity index is 1.42. The van der Waals surface area contributed by atoms with E-state index in [1.54, 1.807) is 0 Å². The Morgan fingerprint density at radius 2 is 1.81 bits per heavy atom. The largest absolute Gasteiger partial charge is 0.463 e. The number of fused-ring (bicyclic) bond motifs is 1. The van der Waals surface area contributed by atoms with Gasteiger partial charge in [-0.25, -0.2) is 23.1 Å². The number of hydrogen-bond donors (Lipinski definition) is 2. The first-order chi connectivity index (χ1) is 15.1. The number of sulfonamides is 1. The van der Waals surface area contributed by atoms with E-state index in [2.05, 4.69) is 39.0 Å². The number of nitrogens with one attached hydrogen (secondary N) is 1. The van der Waals surface area contributed by atoms with Crippen molar-refractivity contribution < 1.29 is 13.2 Å². The van der Waals surface area contributed by atoms with Crippen LogP contribution >= 0.6 is 0 Å². The summed E-state index contributed by atoms with van der Waals surface area (Å²) in [7, 11) is -3.10. The van der Waals surface area contributed by atoms with Gasteiger partial charge in [-0.15, -0.1) is 0 Å². The fourth-order valence-electron chi connectivity index (χ4n) is 4.65. The monoisotopic (exact) mass is 457 g/mol. The first-order valence-electron chi connectivity index (χ1n) is 11.1. The molecule has 0 unspecified atom stereocenters. The van der Waals surface area contributed by atoms with Crippen molar-refractivity contribution in [1.82, 2.24) is 14.7 Å². The molecule has 2 aliphatic rings. The maximum absolute atomic E-state index is 11.2. The minimum atomic E-state index is -3.10. The minimum absolute atomic E-state index is 0.308. The molecule has 172 valence electrons. The molecular formula is C23H31N5O3S. The quantitative estimate of drug-likeness (QED) is 0.684. The predicted molar refractivity (Wildman–Crippen MR) is 126 cm³/mol. The van der Waals surface area contributed by atoms with Crippen LogP contribution in [0.1, 0.15) is 63.0 Å². The second-order valence-electron chi connectivity index (χ2n) is 9.28. The highest BCUT2D eigenvalue weighted by atomic mass is 32.2. The van der Waals surface area contributed by atoms with Crippen LogP contribution in [0.15, 0.2) is 35.6 Å². The molecule has 1 aliphatic heterocycles. The summed E-state index contributed by atoms with van der Waals surface area (Å²) >= 11 is 0. The Kier molecular flexibility index (Phi) is 6.22. The van der Waals surface area contributed by atoms with Crippen molar-refractivity contribution in [2.45, 2.75) is 57.5 Å². The zero-order valence-electron chi connectivity index (χ0n) is 18.8. The maximum Gasteiger partial charge on any atom is 0.246 e. The van der Waals surface area contributed by atoms with Crippen molar-refractivity contribution in [2.24, 2.45) is 10.9 Å². The fourth-order valence-corrected chi connectivity index (χ4v) is 5.14. The third-order valence-electron chi connectivity index (χ3n) is 6.38. The number of aromatic nitrogens is 2. The standard InChI is InChI=1S/C23H31N5O3S/c1-23(2)20(28-19-21(24)25-14-26-22(19)31-23)18-10-8-17(9-11-18)16-6-4-15(5-7-16)12-13-27-32(3,29)30/h8-11,14-16,27H,4-7,12-13H2,1-3H3,(H2,24,25,26)/t15-,16-. The van der Waals surface area contributed by atoms with E-state index in [4.69, 9.17) is 15.5 Å². The van der Waals surface area contributed by atoms with E-state index in [1.165, 1.54) is 18.1 Å². The van der Waals surface area contributed by atoms with Crippen LogP contribution in [0.3, 0.4) is 0 Å². The Hall–Kier alpha value is -2.52. The predicted octanol–water partition coefficient (Wildman–Crippen LogP) is 3.56. The summed E-state index contributed by atoms with van der Waals surface area (Å²) in [6.45, 7) is 4.48. The molecule has 0 spiro atoms. The summed E-state index contributed by atoms with van der Waals surface area (Å²) in [6, 6.07) is 8.58. The highest BCUT2D eigenvalue weighted by Crippen LogP contribution is 2.40. The molecule has 0 bridgehead atoms. The van der Waals surface area contributed by atoms with Gasteiger partial charge in [-0.05, 0) is 63.4 Å². The molecular weight excluding hydrogens is 426 g/mol. The molecule has 2 heterocycles. The van der Waals surface area contributed by atoms with Crippen LogP contribution in [0.5, 0.6) is 5.88 Å². The van der Waals surface area contributed by atoms with E-state index >= 15 is 0 Å². The average Bonchev–Trinajstić information content (AvgIpc) is 2.73. The third kappa shape index (κ3) is 5.10. The van der Waals surface area contributed by atoms with E-state index in [0.29, 0.717) is 35.8 Å². The van der Waals surface area contributed by atoms with Gasteiger partial charge in [0.05, 0.1) is 12.0 Å². The van der Waals surface area contributed by atoms with E-state index in [1.807, 2.05) is 13.8 Å². The topological polar surface area (TPSA) is 120 Å². The van der Waals surface area contributed by atoms with Crippen molar-refractivity contribution >= 4 is 27.2 Å². The van der Waals surface area contributed by atoms with Crippen LogP contribution in [0, 0.1) is 5.92 Å². The van der Waals surface area contributed by atoms with Gasteiger partial charge in [-0.2, -0.15) is 4.98 Å². The molecule has 4 rings (SSSR count). The van der Waals surface area contributed by atoms with Gasteiger partial charge >= 0.3 is 0 Å². The van der Waals surface area contributed by atoms with Gasteiger partial charge in [-0.1, -0.05) is 24.3 Å². The molecule has 0 radical (unpaired) electrons. The third-order valence-corrected chi connectivity index (χ3v) is 7.11. The van der Waals surface area contributed by atoms with Crippen molar-refractivity contribution in [3.63, 3.8) is 0 Å². The Labute approximate surface area is 189 Å². The Bertz CT molecular complexity index is 1100. The zero-order valence-corrected chi connectivity index (χ0v) is 19.7. The van der Waals surface area contributed by atoms with Gasteiger partial charge < -0.3 is 10.5 Å². The number of aliphatic imine (C=N–C) groups is 1. The second kappa shape index (κ2) is 8.78. The number of rotatable bonds is 6. The number of ether oxygens (including phenoxy) is 1. The molecule has 8 nitrogen and oxygen atoms in total. The molecule has 1 aromatic heterocycles. The lowest BCUT2D eigenvalue weighted by molar-refractivity contribution is 0.171. The number of nitrogens with two attached hydrogens (primary N) is 1. The summed E-state index contributed by atoms with van der Waals surface area (Å²) in [5, 5.41) is 0. The lowest BCUT2D eigenvalue weighted by Crippen LogP contribution is -2.41. The van der Waals surface area contributed by atoms with Crippen LogP contribution in [-0.2, 0) is 10.0 Å². The first kappa shape index (κ1) is 22.7. The van der Waals surface area contributed by atoms with Crippen molar-refractivity contribution in [3.05, 3.63) is 41.7 Å². The van der Waals surface area contributed by atoms with Gasteiger partial charge in [0.25, 0.3) is 0 Å². The molecule has 2 aromatic rings.